The molecule has 2 amide bonds. The maximum Gasteiger partial charge on any atom is 0.259 e. The molecule has 0 radical (unpaired) electrons. The molecule has 1 heterocycles. The zero-order valence-corrected chi connectivity index (χ0v) is 7.70. The van der Waals surface area contributed by atoms with Crippen molar-refractivity contribution >= 4 is 17.6 Å². The van der Waals surface area contributed by atoms with Crippen molar-refractivity contribution in [2.24, 2.45) is 16.6 Å². The van der Waals surface area contributed by atoms with Crippen molar-refractivity contribution in [1.29, 1.82) is 0 Å². The molecular formula is C8H13N3O2. The Hall–Kier alpha value is -1.23. The van der Waals surface area contributed by atoms with E-state index in [2.05, 4.69) is 10.3 Å². The van der Waals surface area contributed by atoms with Gasteiger partial charge in [0.15, 0.2) is 0 Å². The van der Waals surface area contributed by atoms with Crippen LogP contribution in [0, 0.1) is 5.92 Å². The lowest BCUT2D eigenvalue weighted by Crippen LogP contribution is -2.50. The summed E-state index contributed by atoms with van der Waals surface area (Å²) in [6.45, 7) is 3.39. The highest BCUT2D eigenvalue weighted by molar-refractivity contribution is 6.16. The summed E-state index contributed by atoms with van der Waals surface area (Å²) in [5, 5.41) is 2.51. The van der Waals surface area contributed by atoms with Gasteiger partial charge in [0.05, 0.1) is 6.04 Å². The standard InChI is InChI=1S/C8H13N3O2/c1-3-5(9)6-10-7(12)4(2)8(13)11-6/h4-5H,3,9H2,1-2H3,(H,10,11,12,13). The summed E-state index contributed by atoms with van der Waals surface area (Å²) in [4.78, 5) is 26.0. The molecule has 0 bridgehead atoms. The van der Waals surface area contributed by atoms with Crippen LogP contribution in [0.1, 0.15) is 20.3 Å². The van der Waals surface area contributed by atoms with Crippen LogP contribution in [0.15, 0.2) is 4.99 Å². The van der Waals surface area contributed by atoms with Gasteiger partial charge < -0.3 is 11.1 Å². The van der Waals surface area contributed by atoms with E-state index < -0.39 is 11.8 Å². The molecule has 0 aliphatic carbocycles. The lowest BCUT2D eigenvalue weighted by atomic mass is 10.1. The molecule has 0 saturated carbocycles. The number of hydrogen-bond acceptors (Lipinski definition) is 3. The average Bonchev–Trinajstić information content (AvgIpc) is 2.12. The van der Waals surface area contributed by atoms with Crippen molar-refractivity contribution in [1.82, 2.24) is 5.32 Å². The number of amides is 2. The minimum atomic E-state index is -0.687. The van der Waals surface area contributed by atoms with E-state index in [0.717, 1.165) is 0 Å². The lowest BCUT2D eigenvalue weighted by molar-refractivity contribution is -0.132. The van der Waals surface area contributed by atoms with Crippen molar-refractivity contribution < 1.29 is 9.59 Å². The molecule has 13 heavy (non-hydrogen) atoms. The second-order valence-electron chi connectivity index (χ2n) is 3.06. The van der Waals surface area contributed by atoms with Crippen LogP contribution in [0.25, 0.3) is 0 Å². The molecule has 1 aliphatic heterocycles. The molecule has 0 saturated heterocycles. The normalized spacial score (nSPS) is 25.2. The zero-order chi connectivity index (χ0) is 10.0. The first-order chi connectivity index (χ1) is 6.06. The Kier molecular flexibility index (Phi) is 2.77. The van der Waals surface area contributed by atoms with Crippen LogP contribution < -0.4 is 11.1 Å². The quantitative estimate of drug-likeness (QED) is 0.561. The molecule has 5 nitrogen and oxygen atoms in total. The van der Waals surface area contributed by atoms with E-state index in [4.69, 9.17) is 5.73 Å². The Morgan fingerprint density at radius 3 is 2.69 bits per heavy atom. The number of hydrogen-bond donors (Lipinski definition) is 2. The molecule has 2 unspecified atom stereocenters. The van der Waals surface area contributed by atoms with Crippen molar-refractivity contribution in [2.75, 3.05) is 0 Å². The van der Waals surface area contributed by atoms with Gasteiger partial charge in [-0.15, -0.1) is 0 Å². The topological polar surface area (TPSA) is 84.5 Å². The number of aliphatic imine (C=N–C) groups is 1. The first kappa shape index (κ1) is 9.85. The number of nitrogens with one attached hydrogen (secondary N) is 1. The van der Waals surface area contributed by atoms with Crippen LogP contribution in [-0.2, 0) is 9.59 Å². The van der Waals surface area contributed by atoms with Gasteiger partial charge >= 0.3 is 0 Å². The number of nitrogens with two attached hydrogens (primary N) is 1. The number of carbonyl (C=O) groups is 2. The fourth-order valence-electron chi connectivity index (χ4n) is 0.959. The third-order valence-corrected chi connectivity index (χ3v) is 2.04. The Morgan fingerprint density at radius 1 is 1.62 bits per heavy atom. The van der Waals surface area contributed by atoms with Gasteiger partial charge in [-0.25, -0.2) is 0 Å². The molecule has 72 valence electrons. The molecule has 1 aliphatic rings. The number of amidine groups is 1. The van der Waals surface area contributed by atoms with Gasteiger partial charge in [0.1, 0.15) is 11.8 Å². The summed E-state index contributed by atoms with van der Waals surface area (Å²) >= 11 is 0. The van der Waals surface area contributed by atoms with Crippen molar-refractivity contribution in [3.05, 3.63) is 0 Å². The van der Waals surface area contributed by atoms with Crippen molar-refractivity contribution in [3.63, 3.8) is 0 Å². The number of nitrogens with zero attached hydrogens (tertiary/aromatic N) is 1. The summed E-state index contributed by atoms with van der Waals surface area (Å²) in [6.07, 6.45) is 0.640. The Balaban J connectivity index is 2.85. The monoisotopic (exact) mass is 183 g/mol. The SMILES string of the molecule is CCC(N)C1=NC(=O)C(C)C(=O)N1. The van der Waals surface area contributed by atoms with Crippen molar-refractivity contribution in [2.45, 2.75) is 26.3 Å². The highest BCUT2D eigenvalue weighted by Gasteiger charge is 2.29. The Morgan fingerprint density at radius 2 is 2.23 bits per heavy atom. The summed E-state index contributed by atoms with van der Waals surface area (Å²) < 4.78 is 0. The second kappa shape index (κ2) is 3.66. The van der Waals surface area contributed by atoms with Crippen LogP contribution in [0.5, 0.6) is 0 Å². The molecule has 3 N–H and O–H groups in total. The van der Waals surface area contributed by atoms with E-state index in [1.165, 1.54) is 6.92 Å². The first-order valence-electron chi connectivity index (χ1n) is 4.25. The van der Waals surface area contributed by atoms with Gasteiger partial charge in [0.25, 0.3) is 5.91 Å². The van der Waals surface area contributed by atoms with Crippen LogP contribution in [0.2, 0.25) is 0 Å². The van der Waals surface area contributed by atoms with E-state index in [1.807, 2.05) is 6.92 Å². The second-order valence-corrected chi connectivity index (χ2v) is 3.06. The van der Waals surface area contributed by atoms with Gasteiger partial charge in [-0.05, 0) is 13.3 Å². The molecule has 1 rings (SSSR count). The van der Waals surface area contributed by atoms with Crippen molar-refractivity contribution in [3.8, 4) is 0 Å². The molecule has 0 aromatic rings. The average molecular weight is 183 g/mol. The van der Waals surface area contributed by atoms with Crippen LogP contribution in [0.3, 0.4) is 0 Å². The molecule has 0 aromatic heterocycles. The molecule has 0 spiro atoms. The van der Waals surface area contributed by atoms with Crippen LogP contribution in [0.4, 0.5) is 0 Å². The van der Waals surface area contributed by atoms with E-state index >= 15 is 0 Å². The van der Waals surface area contributed by atoms with Crippen LogP contribution in [-0.4, -0.2) is 23.7 Å². The first-order valence-corrected chi connectivity index (χ1v) is 4.25. The Labute approximate surface area is 76.4 Å². The summed E-state index contributed by atoms with van der Waals surface area (Å²) in [7, 11) is 0. The summed E-state index contributed by atoms with van der Waals surface area (Å²) in [6, 6.07) is -0.361. The van der Waals surface area contributed by atoms with Gasteiger partial charge in [-0.3, -0.25) is 9.59 Å². The van der Waals surface area contributed by atoms with Gasteiger partial charge in [0.2, 0.25) is 5.91 Å². The fraction of sp³-hybridized carbons (Fsp3) is 0.625. The number of carbonyl (C=O) groups excluding carboxylic acids is 2. The maximum atomic E-state index is 11.2. The molecule has 5 heteroatoms. The number of rotatable bonds is 2. The lowest BCUT2D eigenvalue weighted by Gasteiger charge is -2.20. The molecular weight excluding hydrogens is 170 g/mol. The van der Waals surface area contributed by atoms with E-state index in [1.54, 1.807) is 0 Å². The molecule has 2 atom stereocenters. The third kappa shape index (κ3) is 1.92. The smallest absolute Gasteiger partial charge is 0.259 e. The van der Waals surface area contributed by atoms with Gasteiger partial charge in [-0.2, -0.15) is 4.99 Å². The molecule has 0 fully saturated rings. The highest BCUT2D eigenvalue weighted by Crippen LogP contribution is 2.05. The zero-order valence-electron chi connectivity index (χ0n) is 7.70. The minimum absolute atomic E-state index is 0.288. The summed E-state index contributed by atoms with van der Waals surface area (Å²) in [5.41, 5.74) is 5.62. The highest BCUT2D eigenvalue weighted by atomic mass is 16.2. The van der Waals surface area contributed by atoms with Gasteiger partial charge in [0, 0.05) is 0 Å². The predicted molar refractivity (Wildman–Crippen MR) is 48.0 cm³/mol. The van der Waals surface area contributed by atoms with E-state index in [-0.39, 0.29) is 17.8 Å². The minimum Gasteiger partial charge on any atom is -0.321 e. The van der Waals surface area contributed by atoms with Crippen LogP contribution >= 0.6 is 0 Å². The summed E-state index contributed by atoms with van der Waals surface area (Å²) in [5.74, 6) is -1.13. The molecule has 0 aromatic carbocycles. The van der Waals surface area contributed by atoms with E-state index in [9.17, 15) is 9.59 Å². The van der Waals surface area contributed by atoms with E-state index in [0.29, 0.717) is 6.42 Å². The third-order valence-electron chi connectivity index (χ3n) is 2.04. The largest absolute Gasteiger partial charge is 0.321 e. The fourth-order valence-corrected chi connectivity index (χ4v) is 0.959. The predicted octanol–water partition coefficient (Wildman–Crippen LogP) is -0.585. The maximum absolute atomic E-state index is 11.2. The van der Waals surface area contributed by atoms with Gasteiger partial charge in [-0.1, -0.05) is 6.92 Å². The Bertz CT molecular complexity index is 273.